The molecule has 0 saturated carbocycles. The van der Waals surface area contributed by atoms with Crippen molar-refractivity contribution in [3.8, 4) is 5.75 Å². The maximum atomic E-state index is 11.7. The number of rotatable bonds is 6. The number of nitrogens with zero attached hydrogens (tertiary/aromatic N) is 2. The molecule has 1 aliphatic rings. The number of β-amino-alcohol motifs (C(OH)–C–C–N with tert-alkyl or cyclic N) is 1. The number of aliphatic hydroxyl groups excluding tert-OH is 1. The Morgan fingerprint density at radius 1 is 1.12 bits per heavy atom. The molecule has 2 aromatic carbocycles. The van der Waals surface area contributed by atoms with Crippen LogP contribution in [0.4, 0.5) is 4.79 Å². The van der Waals surface area contributed by atoms with Crippen LogP contribution in [0.25, 0.3) is 10.8 Å². The second-order valence-corrected chi connectivity index (χ2v) is 6.43. The Morgan fingerprint density at radius 3 is 2.62 bits per heavy atom. The van der Waals surface area contributed by atoms with Crippen LogP contribution in [-0.4, -0.2) is 73.0 Å². The lowest BCUT2D eigenvalue weighted by Crippen LogP contribution is -2.51. The molecule has 0 spiro atoms. The van der Waals surface area contributed by atoms with E-state index in [1.807, 2.05) is 42.5 Å². The molecule has 1 aliphatic heterocycles. The highest BCUT2D eigenvalue weighted by molar-refractivity contribution is 5.88. The maximum Gasteiger partial charge on any atom is 0.409 e. The summed E-state index contributed by atoms with van der Waals surface area (Å²) in [6.07, 6.45) is -0.838. The van der Waals surface area contributed by atoms with Gasteiger partial charge in [-0.05, 0) is 18.4 Å². The Kier molecular flexibility index (Phi) is 6.30. The van der Waals surface area contributed by atoms with Gasteiger partial charge in [-0.25, -0.2) is 4.79 Å². The van der Waals surface area contributed by atoms with Crippen LogP contribution in [0.5, 0.6) is 5.75 Å². The van der Waals surface area contributed by atoms with E-state index < -0.39 is 6.10 Å². The fraction of sp³-hybridized carbons (Fsp3) is 0.450. The van der Waals surface area contributed by atoms with E-state index in [2.05, 4.69) is 4.90 Å². The molecule has 6 heteroatoms. The zero-order chi connectivity index (χ0) is 18.4. The molecule has 1 heterocycles. The summed E-state index contributed by atoms with van der Waals surface area (Å²) in [4.78, 5) is 15.6. The van der Waals surface area contributed by atoms with Gasteiger partial charge in [-0.3, -0.25) is 4.90 Å². The lowest BCUT2D eigenvalue weighted by atomic mass is 10.1. The SMILES string of the molecule is CCOC(=O)N1CCN(C[C@H](O)COc2cccc3ccccc23)CC1. The monoisotopic (exact) mass is 358 g/mol. The van der Waals surface area contributed by atoms with Crippen molar-refractivity contribution in [1.82, 2.24) is 9.80 Å². The number of hydrogen-bond donors (Lipinski definition) is 1. The van der Waals surface area contributed by atoms with E-state index in [9.17, 15) is 9.90 Å². The van der Waals surface area contributed by atoms with Crippen LogP contribution in [0.15, 0.2) is 42.5 Å². The average molecular weight is 358 g/mol. The molecular formula is C20H26N2O4. The minimum Gasteiger partial charge on any atom is -0.490 e. The summed E-state index contributed by atoms with van der Waals surface area (Å²) in [5.74, 6) is 0.786. The molecule has 26 heavy (non-hydrogen) atoms. The van der Waals surface area contributed by atoms with Gasteiger partial charge in [-0.2, -0.15) is 0 Å². The predicted octanol–water partition coefficient (Wildman–Crippen LogP) is 2.35. The summed E-state index contributed by atoms with van der Waals surface area (Å²) >= 11 is 0. The van der Waals surface area contributed by atoms with Crippen LogP contribution < -0.4 is 4.74 Å². The molecule has 140 valence electrons. The molecule has 1 amide bonds. The molecule has 0 unspecified atom stereocenters. The van der Waals surface area contributed by atoms with Crippen LogP contribution >= 0.6 is 0 Å². The first-order valence-electron chi connectivity index (χ1n) is 9.10. The number of carbonyl (C=O) groups excluding carboxylic acids is 1. The van der Waals surface area contributed by atoms with Gasteiger partial charge in [0.05, 0.1) is 6.61 Å². The van der Waals surface area contributed by atoms with Crippen LogP contribution in [0, 0.1) is 0 Å². The van der Waals surface area contributed by atoms with Gasteiger partial charge in [-0.15, -0.1) is 0 Å². The van der Waals surface area contributed by atoms with Crippen LogP contribution in [0.1, 0.15) is 6.92 Å². The van der Waals surface area contributed by atoms with E-state index in [0.717, 1.165) is 29.6 Å². The van der Waals surface area contributed by atoms with Crippen molar-refractivity contribution in [3.05, 3.63) is 42.5 Å². The van der Waals surface area contributed by atoms with Gasteiger partial charge in [0, 0.05) is 38.1 Å². The molecule has 1 N–H and O–H groups in total. The standard InChI is InChI=1S/C20H26N2O4/c1-2-25-20(24)22-12-10-21(11-13-22)14-17(23)15-26-19-9-5-7-16-6-3-4-8-18(16)19/h3-9,17,23H,2,10-15H2,1H3/t17-/m0/s1. The number of piperazine rings is 1. The summed E-state index contributed by atoms with van der Waals surface area (Å²) < 4.78 is 10.9. The number of benzene rings is 2. The van der Waals surface area contributed by atoms with E-state index in [4.69, 9.17) is 9.47 Å². The minimum absolute atomic E-state index is 0.242. The maximum absolute atomic E-state index is 11.7. The third-order valence-corrected chi connectivity index (χ3v) is 4.55. The van der Waals surface area contributed by atoms with E-state index >= 15 is 0 Å². The molecule has 1 atom stereocenters. The van der Waals surface area contributed by atoms with Crippen molar-refractivity contribution in [2.45, 2.75) is 13.0 Å². The number of fused-ring (bicyclic) bond motifs is 1. The topological polar surface area (TPSA) is 62.2 Å². The number of aliphatic hydroxyl groups is 1. The Hall–Kier alpha value is -2.31. The molecule has 2 aromatic rings. The van der Waals surface area contributed by atoms with Crippen molar-refractivity contribution >= 4 is 16.9 Å². The predicted molar refractivity (Wildman–Crippen MR) is 100 cm³/mol. The second-order valence-electron chi connectivity index (χ2n) is 6.43. The number of carbonyl (C=O) groups is 1. The van der Waals surface area contributed by atoms with Crippen molar-refractivity contribution in [2.75, 3.05) is 45.9 Å². The van der Waals surface area contributed by atoms with Gasteiger partial charge >= 0.3 is 6.09 Å². The quantitative estimate of drug-likeness (QED) is 0.859. The highest BCUT2D eigenvalue weighted by Gasteiger charge is 2.23. The van der Waals surface area contributed by atoms with Gasteiger partial charge in [0.2, 0.25) is 0 Å². The lowest BCUT2D eigenvalue weighted by molar-refractivity contribution is 0.0410. The van der Waals surface area contributed by atoms with Crippen molar-refractivity contribution in [1.29, 1.82) is 0 Å². The van der Waals surface area contributed by atoms with Crippen molar-refractivity contribution < 1.29 is 19.4 Å². The van der Waals surface area contributed by atoms with E-state index in [1.54, 1.807) is 11.8 Å². The Bertz CT molecular complexity index is 723. The van der Waals surface area contributed by atoms with Gasteiger partial charge in [-0.1, -0.05) is 36.4 Å². The van der Waals surface area contributed by atoms with Gasteiger partial charge in [0.1, 0.15) is 18.5 Å². The van der Waals surface area contributed by atoms with Crippen molar-refractivity contribution in [3.63, 3.8) is 0 Å². The third kappa shape index (κ3) is 4.65. The highest BCUT2D eigenvalue weighted by atomic mass is 16.6. The summed E-state index contributed by atoms with van der Waals surface area (Å²) in [6.45, 7) is 5.66. The third-order valence-electron chi connectivity index (χ3n) is 4.55. The van der Waals surface area contributed by atoms with E-state index in [0.29, 0.717) is 26.2 Å². The average Bonchev–Trinajstić information content (AvgIpc) is 2.67. The molecule has 1 saturated heterocycles. The fourth-order valence-corrected chi connectivity index (χ4v) is 3.19. The van der Waals surface area contributed by atoms with Gasteiger partial charge < -0.3 is 19.5 Å². The molecule has 0 aliphatic carbocycles. The molecular weight excluding hydrogens is 332 g/mol. The van der Waals surface area contributed by atoms with Gasteiger partial charge in [0.25, 0.3) is 0 Å². The molecule has 1 fully saturated rings. The van der Waals surface area contributed by atoms with Crippen LogP contribution in [0.3, 0.4) is 0 Å². The fourth-order valence-electron chi connectivity index (χ4n) is 3.19. The summed E-state index contributed by atoms with van der Waals surface area (Å²) in [6, 6.07) is 14.0. The second kappa shape index (κ2) is 8.87. The largest absolute Gasteiger partial charge is 0.490 e. The molecule has 3 rings (SSSR count). The molecule has 0 radical (unpaired) electrons. The number of ether oxygens (including phenoxy) is 2. The molecule has 6 nitrogen and oxygen atoms in total. The first-order valence-corrected chi connectivity index (χ1v) is 9.10. The molecule has 0 bridgehead atoms. The van der Waals surface area contributed by atoms with Crippen LogP contribution in [-0.2, 0) is 4.74 Å². The summed E-state index contributed by atoms with van der Waals surface area (Å²) in [5, 5.41) is 12.5. The van der Waals surface area contributed by atoms with Crippen LogP contribution in [0.2, 0.25) is 0 Å². The summed E-state index contributed by atoms with van der Waals surface area (Å²) in [5.41, 5.74) is 0. The smallest absolute Gasteiger partial charge is 0.409 e. The Labute approximate surface area is 153 Å². The van der Waals surface area contributed by atoms with Crippen molar-refractivity contribution in [2.24, 2.45) is 0 Å². The van der Waals surface area contributed by atoms with Gasteiger partial charge in [0.15, 0.2) is 0 Å². The zero-order valence-electron chi connectivity index (χ0n) is 15.1. The number of hydrogen-bond acceptors (Lipinski definition) is 5. The Morgan fingerprint density at radius 2 is 1.85 bits per heavy atom. The number of amides is 1. The molecule has 0 aromatic heterocycles. The zero-order valence-corrected chi connectivity index (χ0v) is 15.1. The lowest BCUT2D eigenvalue weighted by Gasteiger charge is -2.34. The summed E-state index contributed by atoms with van der Waals surface area (Å²) in [7, 11) is 0. The van der Waals surface area contributed by atoms with E-state index in [-0.39, 0.29) is 12.7 Å². The highest BCUT2D eigenvalue weighted by Crippen LogP contribution is 2.25. The Balaban J connectivity index is 1.46. The first-order chi connectivity index (χ1) is 12.7. The van der Waals surface area contributed by atoms with E-state index in [1.165, 1.54) is 0 Å². The normalized spacial score (nSPS) is 16.5. The first kappa shape index (κ1) is 18.5. The minimum atomic E-state index is -0.580.